The van der Waals surface area contributed by atoms with Crippen LogP contribution in [0, 0.1) is 0 Å². The number of rotatable bonds is 11. The van der Waals surface area contributed by atoms with Crippen LogP contribution >= 0.6 is 11.3 Å². The highest BCUT2D eigenvalue weighted by Crippen LogP contribution is 2.34. The van der Waals surface area contributed by atoms with Crippen molar-refractivity contribution in [2.24, 2.45) is 5.16 Å². The molecule has 1 saturated carbocycles. The fourth-order valence-corrected chi connectivity index (χ4v) is 6.61. The molecule has 2 aliphatic rings. The first-order chi connectivity index (χ1) is 18.7. The molecule has 0 spiro atoms. The largest absolute Gasteiger partial charge is 0.389 e. The van der Waals surface area contributed by atoms with E-state index in [0.717, 1.165) is 18.8 Å². The number of oxime groups is 1. The van der Waals surface area contributed by atoms with Crippen molar-refractivity contribution in [2.75, 3.05) is 57.7 Å². The molecule has 1 atom stereocenters. The van der Waals surface area contributed by atoms with Crippen molar-refractivity contribution in [3.63, 3.8) is 0 Å². The Bertz CT molecular complexity index is 1460. The molecule has 1 aromatic carbocycles. The van der Waals surface area contributed by atoms with Gasteiger partial charge in [-0.05, 0) is 45.1 Å². The van der Waals surface area contributed by atoms with Crippen LogP contribution in [-0.2, 0) is 24.2 Å². The van der Waals surface area contributed by atoms with Gasteiger partial charge >= 0.3 is 0 Å². The van der Waals surface area contributed by atoms with Crippen molar-refractivity contribution in [3.8, 4) is 0 Å². The molecule has 2 aromatic heterocycles. The van der Waals surface area contributed by atoms with Gasteiger partial charge in [-0.2, -0.15) is 0 Å². The summed E-state index contributed by atoms with van der Waals surface area (Å²) in [7, 11) is 2.70. The summed E-state index contributed by atoms with van der Waals surface area (Å²) in [6.45, 7) is 2.64. The number of thiazole rings is 1. The summed E-state index contributed by atoms with van der Waals surface area (Å²) in [5.41, 5.74) is 2.08. The van der Waals surface area contributed by atoms with Gasteiger partial charge in [0.15, 0.2) is 26.8 Å². The molecule has 1 N–H and O–H groups in total. The van der Waals surface area contributed by atoms with E-state index in [4.69, 9.17) is 9.57 Å². The number of hydrogen-bond acceptors (Lipinski definition) is 11. The number of pyridine rings is 1. The number of amides is 1. The molecule has 3 aromatic rings. The third kappa shape index (κ3) is 6.38. The summed E-state index contributed by atoms with van der Waals surface area (Å²) < 4.78 is 30.6. The van der Waals surface area contributed by atoms with E-state index in [1.54, 1.807) is 18.3 Å². The van der Waals surface area contributed by atoms with Gasteiger partial charge in [0.1, 0.15) is 10.3 Å². The van der Waals surface area contributed by atoms with Crippen LogP contribution in [0.4, 0.5) is 10.8 Å². The van der Waals surface area contributed by atoms with Gasteiger partial charge in [0.05, 0.1) is 29.0 Å². The first kappa shape index (κ1) is 27.4. The molecule has 0 radical (unpaired) electrons. The van der Waals surface area contributed by atoms with Gasteiger partial charge in [-0.3, -0.25) is 10.1 Å². The van der Waals surface area contributed by atoms with E-state index in [0.29, 0.717) is 53.5 Å². The maximum Gasteiger partial charge on any atom is 0.280 e. The summed E-state index contributed by atoms with van der Waals surface area (Å²) in [5, 5.41) is 7.07. The van der Waals surface area contributed by atoms with Gasteiger partial charge in [0, 0.05) is 38.3 Å². The highest BCUT2D eigenvalue weighted by atomic mass is 32.2. The number of nitrogens with one attached hydrogen (secondary N) is 1. The van der Waals surface area contributed by atoms with Crippen LogP contribution in [0.15, 0.2) is 46.6 Å². The molecule has 5 rings (SSSR count). The van der Waals surface area contributed by atoms with Gasteiger partial charge in [-0.1, -0.05) is 28.6 Å². The SMILES string of the molecule is CN(C)CCN(C)c1ccnc2sc(NC(=O)/C(=N/O[C@@H]3CCOC3)c3ccc(S(=O)(=O)C4CC4)cc3)nc12. The first-order valence-electron chi connectivity index (χ1n) is 12.8. The number of carbonyl (C=O) groups excluding carboxylic acids is 1. The van der Waals surface area contributed by atoms with Crippen LogP contribution in [0.1, 0.15) is 24.8 Å². The minimum absolute atomic E-state index is 0.0211. The highest BCUT2D eigenvalue weighted by molar-refractivity contribution is 7.92. The monoisotopic (exact) mass is 572 g/mol. The van der Waals surface area contributed by atoms with E-state index < -0.39 is 15.7 Å². The summed E-state index contributed by atoms with van der Waals surface area (Å²) in [5.74, 6) is -0.520. The molecule has 2 fully saturated rings. The lowest BCUT2D eigenvalue weighted by Crippen LogP contribution is -2.28. The molecule has 1 saturated heterocycles. The molecule has 208 valence electrons. The maximum absolute atomic E-state index is 13.4. The van der Waals surface area contributed by atoms with Crippen LogP contribution in [0.5, 0.6) is 0 Å². The summed E-state index contributed by atoms with van der Waals surface area (Å²) in [4.78, 5) is 33.3. The Morgan fingerprint density at radius 3 is 2.59 bits per heavy atom. The number of hydrogen-bond donors (Lipinski definition) is 1. The Morgan fingerprint density at radius 2 is 1.92 bits per heavy atom. The lowest BCUT2D eigenvalue weighted by Gasteiger charge is -2.21. The van der Waals surface area contributed by atoms with E-state index in [9.17, 15) is 13.2 Å². The summed E-state index contributed by atoms with van der Waals surface area (Å²) >= 11 is 1.27. The van der Waals surface area contributed by atoms with Crippen molar-refractivity contribution < 1.29 is 22.8 Å². The van der Waals surface area contributed by atoms with Crippen LogP contribution in [-0.4, -0.2) is 93.7 Å². The Labute approximate surface area is 231 Å². The Kier molecular flexibility index (Phi) is 8.12. The molecule has 39 heavy (non-hydrogen) atoms. The molecule has 1 aliphatic carbocycles. The van der Waals surface area contributed by atoms with Gasteiger partial charge in [0.2, 0.25) is 0 Å². The Morgan fingerprint density at radius 1 is 1.15 bits per heavy atom. The van der Waals surface area contributed by atoms with E-state index >= 15 is 0 Å². The molecule has 11 nitrogen and oxygen atoms in total. The molecule has 13 heteroatoms. The van der Waals surface area contributed by atoms with Gasteiger partial charge in [-0.25, -0.2) is 18.4 Å². The molecule has 1 aliphatic heterocycles. The topological polar surface area (TPSA) is 126 Å². The number of benzene rings is 1. The van der Waals surface area contributed by atoms with Gasteiger partial charge < -0.3 is 19.4 Å². The number of carbonyl (C=O) groups is 1. The van der Waals surface area contributed by atoms with Gasteiger partial charge in [0.25, 0.3) is 5.91 Å². The zero-order chi connectivity index (χ0) is 27.6. The average molecular weight is 573 g/mol. The predicted molar refractivity (Wildman–Crippen MR) is 151 cm³/mol. The van der Waals surface area contributed by atoms with E-state index in [1.807, 2.05) is 27.2 Å². The van der Waals surface area contributed by atoms with Crippen LogP contribution in [0.3, 0.4) is 0 Å². The third-order valence-corrected chi connectivity index (χ3v) is 9.76. The van der Waals surface area contributed by atoms with Crippen molar-refractivity contribution >= 4 is 54.0 Å². The van der Waals surface area contributed by atoms with E-state index in [2.05, 4.69) is 30.2 Å². The number of nitrogens with zero attached hydrogens (tertiary/aromatic N) is 5. The lowest BCUT2D eigenvalue weighted by atomic mass is 10.1. The summed E-state index contributed by atoms with van der Waals surface area (Å²) in [6, 6.07) is 8.11. The Balaban J connectivity index is 1.39. The number of aromatic nitrogens is 2. The second-order valence-corrected chi connectivity index (χ2v) is 13.2. The smallest absolute Gasteiger partial charge is 0.280 e. The van der Waals surface area contributed by atoms with Crippen molar-refractivity contribution in [1.82, 2.24) is 14.9 Å². The quantitative estimate of drug-likeness (QED) is 0.273. The second-order valence-electron chi connectivity index (χ2n) is 9.98. The van der Waals surface area contributed by atoms with Crippen LogP contribution in [0.2, 0.25) is 0 Å². The molecular formula is C26H32N6O5S2. The highest BCUT2D eigenvalue weighted by Gasteiger charge is 2.37. The number of sulfone groups is 1. The lowest BCUT2D eigenvalue weighted by molar-refractivity contribution is -0.110. The Hall–Kier alpha value is -3.13. The summed E-state index contributed by atoms with van der Waals surface area (Å²) in [6.07, 6.45) is 3.51. The average Bonchev–Trinajstić information content (AvgIpc) is 3.51. The zero-order valence-corrected chi connectivity index (χ0v) is 23.8. The van der Waals surface area contributed by atoms with E-state index in [-0.39, 0.29) is 22.0 Å². The number of fused-ring (bicyclic) bond motifs is 1. The fourth-order valence-electron chi connectivity index (χ4n) is 4.13. The van der Waals surface area contributed by atoms with Gasteiger partial charge in [-0.15, -0.1) is 0 Å². The van der Waals surface area contributed by atoms with Crippen LogP contribution in [0.25, 0.3) is 10.3 Å². The number of ether oxygens (including phenoxy) is 1. The molecule has 3 heterocycles. The second kappa shape index (κ2) is 11.5. The zero-order valence-electron chi connectivity index (χ0n) is 22.2. The predicted octanol–water partition coefficient (Wildman–Crippen LogP) is 2.77. The molecule has 1 amide bonds. The fraction of sp³-hybridized carbons (Fsp3) is 0.462. The number of likely N-dealkylation sites (N-methyl/N-ethyl adjacent to an activating group) is 2. The van der Waals surface area contributed by atoms with Crippen molar-refractivity contribution in [2.45, 2.75) is 35.5 Å². The maximum atomic E-state index is 13.4. The molecule has 0 unspecified atom stereocenters. The first-order valence-corrected chi connectivity index (χ1v) is 15.2. The minimum Gasteiger partial charge on any atom is -0.389 e. The van der Waals surface area contributed by atoms with Crippen molar-refractivity contribution in [3.05, 3.63) is 42.1 Å². The third-order valence-electron chi connectivity index (χ3n) is 6.61. The molecule has 0 bridgehead atoms. The normalized spacial score (nSPS) is 18.1. The van der Waals surface area contributed by atoms with Crippen molar-refractivity contribution in [1.29, 1.82) is 0 Å². The van der Waals surface area contributed by atoms with E-state index in [1.165, 1.54) is 23.5 Å². The van der Waals surface area contributed by atoms with Crippen LogP contribution < -0.4 is 10.2 Å². The standard InChI is InChI=1S/C26H32N6O5S2/c1-31(2)13-14-32(3)21-10-12-27-25-23(21)28-26(38-25)29-24(33)22(30-37-18-11-15-36-16-18)17-4-6-19(7-5-17)39(34,35)20-8-9-20/h4-7,10,12,18,20H,8-9,11,13-16H2,1-3H3,(H,28,29,33)/b30-22+/t18-/m1/s1. The molecular weight excluding hydrogens is 540 g/mol. The minimum atomic E-state index is -3.35. The number of anilines is 2.